The van der Waals surface area contributed by atoms with Crippen molar-refractivity contribution in [3.05, 3.63) is 73.8 Å². The third-order valence-electron chi connectivity index (χ3n) is 14.6. The molecule has 1 aliphatic carbocycles. The van der Waals surface area contributed by atoms with Gasteiger partial charge in [0.2, 0.25) is 29.5 Å². The highest BCUT2D eigenvalue weighted by Gasteiger charge is 2.46. The van der Waals surface area contributed by atoms with Gasteiger partial charge in [-0.15, -0.1) is 0 Å². The number of cyclic esters (lactones) is 1. The standard InChI is InChI=1S/C55H72FN9O15/c1-5-55(75)36-26-41-50-34(29-65(41)53(73)35(36)30-80-54(55)74)48-38(10-9-33-32(4)37(56)27-40(61-50)47(33)48)60-44(68)28-59-51(71)39(8-6-7-15-57)62-52(72)49(31(2)3)63-43(67)14-18-76-20-22-78-24-25-79-23-21-77-19-16-58-42(66)13-17-64-45(69)11-12-46(64)70/h11-12,26-27,31,38-39,49,75H,5-10,13-25,28-30,57H2,1-4H3,(H,58,66)(H,59,71)(H,60,68)(H,62,72)(H,63,67)/t38-,39-,49?,55?/m0/s1. The number of nitrogens with one attached hydrogen (secondary N) is 5. The van der Waals surface area contributed by atoms with Crippen LogP contribution in [0.2, 0.25) is 0 Å². The van der Waals surface area contributed by atoms with Crippen molar-refractivity contribution >= 4 is 58.2 Å². The average molecular weight is 1120 g/mol. The Morgan fingerprint density at radius 2 is 1.52 bits per heavy atom. The van der Waals surface area contributed by atoms with Gasteiger partial charge in [0, 0.05) is 60.7 Å². The van der Waals surface area contributed by atoms with Crippen molar-refractivity contribution in [1.82, 2.24) is 41.0 Å². The molecule has 434 valence electrons. The van der Waals surface area contributed by atoms with Crippen LogP contribution in [-0.2, 0) is 87.2 Å². The number of hydrogen-bond donors (Lipinski definition) is 7. The maximum Gasteiger partial charge on any atom is 0.343 e. The van der Waals surface area contributed by atoms with Crippen molar-refractivity contribution in [3.8, 4) is 11.4 Å². The van der Waals surface area contributed by atoms with Crippen LogP contribution >= 0.6 is 0 Å². The number of esters is 1. The number of unbranched alkanes of at least 4 members (excludes halogenated alkanes) is 1. The fraction of sp³-hybridized carbons (Fsp3) is 0.564. The third-order valence-corrected chi connectivity index (χ3v) is 14.6. The van der Waals surface area contributed by atoms with Crippen molar-refractivity contribution in [2.75, 3.05) is 79.0 Å². The number of nitrogens with two attached hydrogens (primary N) is 1. The van der Waals surface area contributed by atoms with Crippen LogP contribution in [0.5, 0.6) is 0 Å². The number of aromatic nitrogens is 2. The Kier molecular flexibility index (Phi) is 21.1. The van der Waals surface area contributed by atoms with Gasteiger partial charge in [0.25, 0.3) is 17.4 Å². The lowest BCUT2D eigenvalue weighted by Gasteiger charge is -2.31. The van der Waals surface area contributed by atoms with E-state index in [0.717, 1.165) is 10.5 Å². The maximum absolute atomic E-state index is 15.5. The fourth-order valence-electron chi connectivity index (χ4n) is 10.2. The maximum atomic E-state index is 15.5. The van der Waals surface area contributed by atoms with Crippen molar-refractivity contribution in [1.29, 1.82) is 0 Å². The van der Waals surface area contributed by atoms with Gasteiger partial charge < -0.3 is 65.7 Å². The van der Waals surface area contributed by atoms with Crippen LogP contribution in [0.4, 0.5) is 4.39 Å². The van der Waals surface area contributed by atoms with E-state index in [0.29, 0.717) is 91.0 Å². The number of imide groups is 1. The van der Waals surface area contributed by atoms with Crippen LogP contribution in [0.3, 0.4) is 0 Å². The van der Waals surface area contributed by atoms with Crippen LogP contribution in [0, 0.1) is 18.7 Å². The van der Waals surface area contributed by atoms with E-state index in [1.54, 1.807) is 33.8 Å². The first kappa shape index (κ1) is 60.6. The van der Waals surface area contributed by atoms with Crippen molar-refractivity contribution in [2.45, 2.75) is 116 Å². The number of amides is 7. The first-order valence-electron chi connectivity index (χ1n) is 27.2. The summed E-state index contributed by atoms with van der Waals surface area (Å²) >= 11 is 0. The molecule has 2 unspecified atom stereocenters. The Hall–Kier alpha value is -7.03. The van der Waals surface area contributed by atoms with Gasteiger partial charge in [-0.05, 0) is 80.7 Å². The molecule has 0 bridgehead atoms. The fourth-order valence-corrected chi connectivity index (χ4v) is 10.2. The molecule has 3 aromatic rings. The molecular weight excluding hydrogens is 1050 g/mol. The molecule has 0 radical (unpaired) electrons. The smallest absolute Gasteiger partial charge is 0.343 e. The van der Waals surface area contributed by atoms with Gasteiger partial charge in [0.1, 0.15) is 24.5 Å². The van der Waals surface area contributed by atoms with E-state index in [4.69, 9.17) is 34.4 Å². The van der Waals surface area contributed by atoms with Gasteiger partial charge in [0.15, 0.2) is 5.60 Å². The van der Waals surface area contributed by atoms with E-state index in [1.807, 2.05) is 0 Å². The number of ether oxygens (including phenoxy) is 5. The summed E-state index contributed by atoms with van der Waals surface area (Å²) in [6.45, 7) is 8.59. The van der Waals surface area contributed by atoms with E-state index in [9.17, 15) is 48.3 Å². The van der Waals surface area contributed by atoms with Gasteiger partial charge in [-0.2, -0.15) is 0 Å². The van der Waals surface area contributed by atoms with Crippen LogP contribution in [-0.4, -0.2) is 158 Å². The Morgan fingerprint density at radius 1 is 0.850 bits per heavy atom. The van der Waals surface area contributed by atoms with Gasteiger partial charge in [0.05, 0.1) is 94.5 Å². The normalized spacial score (nSPS) is 17.7. The molecule has 0 fully saturated rings. The van der Waals surface area contributed by atoms with E-state index < -0.39 is 83.1 Å². The molecule has 1 aromatic carbocycles. The number of rotatable bonds is 31. The summed E-state index contributed by atoms with van der Waals surface area (Å²) in [6, 6.07) is 0.143. The average Bonchev–Trinajstić information content (AvgIpc) is 4.06. The Balaban J connectivity index is 0.843. The van der Waals surface area contributed by atoms with Gasteiger partial charge in [-0.25, -0.2) is 14.2 Å². The first-order chi connectivity index (χ1) is 38.4. The number of fused-ring (bicyclic) bond motifs is 5. The molecule has 0 saturated heterocycles. The predicted octanol–water partition coefficient (Wildman–Crippen LogP) is 0.389. The van der Waals surface area contributed by atoms with Crippen LogP contribution in [0.15, 0.2) is 29.1 Å². The zero-order valence-electron chi connectivity index (χ0n) is 45.6. The Bertz CT molecular complexity index is 2930. The summed E-state index contributed by atoms with van der Waals surface area (Å²) in [5.41, 5.74) is 6.88. The molecule has 8 N–H and O–H groups in total. The molecule has 0 spiro atoms. The quantitative estimate of drug-likeness (QED) is 0.0204. The number of carbonyl (C=O) groups excluding carboxylic acids is 8. The van der Waals surface area contributed by atoms with Crippen molar-refractivity contribution in [2.24, 2.45) is 11.7 Å². The number of benzene rings is 1. The molecule has 24 nitrogen and oxygen atoms in total. The minimum absolute atomic E-state index is 0.00246. The molecular formula is C55H72FN9O15. The molecule has 25 heteroatoms. The largest absolute Gasteiger partial charge is 0.458 e. The SMILES string of the molecule is CCC1(O)C(=O)OCc2c1cc1n(c2=O)Cc2c-1nc1cc(F)c(C)c3c1c2[C@@H](NC(=O)CNC(=O)[C@H](CCCCN)NC(=O)C(NC(=O)CCOCCOCCOCCOCCNC(=O)CCN1C(=O)C=CC1=O)C(C)C)CC3. The third kappa shape index (κ3) is 14.3. The summed E-state index contributed by atoms with van der Waals surface area (Å²) in [4.78, 5) is 122. The molecule has 3 aliphatic heterocycles. The van der Waals surface area contributed by atoms with Crippen molar-refractivity contribution < 1.29 is 71.5 Å². The number of aliphatic hydroxyl groups is 1. The Morgan fingerprint density at radius 3 is 2.19 bits per heavy atom. The Labute approximate surface area is 461 Å². The molecule has 5 heterocycles. The van der Waals surface area contributed by atoms with Gasteiger partial charge >= 0.3 is 5.97 Å². The first-order valence-corrected chi connectivity index (χ1v) is 27.2. The van der Waals surface area contributed by atoms with E-state index in [2.05, 4.69) is 26.6 Å². The van der Waals surface area contributed by atoms with Crippen LogP contribution in [0.1, 0.15) is 105 Å². The van der Waals surface area contributed by atoms with E-state index in [1.165, 1.54) is 22.8 Å². The number of halogens is 1. The number of nitrogens with zero attached hydrogens (tertiary/aromatic N) is 3. The second kappa shape index (κ2) is 27.9. The highest BCUT2D eigenvalue weighted by molar-refractivity contribution is 6.13. The highest BCUT2D eigenvalue weighted by Crippen LogP contribution is 2.46. The molecule has 4 atom stereocenters. The summed E-state index contributed by atoms with van der Waals surface area (Å²) in [5, 5.41) is 25.9. The lowest BCUT2D eigenvalue weighted by Crippen LogP contribution is -2.56. The second-order valence-corrected chi connectivity index (χ2v) is 20.3. The van der Waals surface area contributed by atoms with E-state index >= 15 is 4.39 Å². The topological polar surface area (TPSA) is 327 Å². The number of aryl methyl sites for hydroxylation is 1. The van der Waals surface area contributed by atoms with Crippen molar-refractivity contribution in [3.63, 3.8) is 0 Å². The summed E-state index contributed by atoms with van der Waals surface area (Å²) in [5.74, 6) is -5.11. The van der Waals surface area contributed by atoms with Crippen LogP contribution < -0.4 is 37.9 Å². The zero-order valence-corrected chi connectivity index (χ0v) is 45.6. The molecule has 2 aromatic heterocycles. The van der Waals surface area contributed by atoms with E-state index in [-0.39, 0.29) is 108 Å². The lowest BCUT2D eigenvalue weighted by atomic mass is 9.81. The minimum Gasteiger partial charge on any atom is -0.458 e. The summed E-state index contributed by atoms with van der Waals surface area (Å²) < 4.78 is 44.1. The lowest BCUT2D eigenvalue weighted by molar-refractivity contribution is -0.172. The van der Waals surface area contributed by atoms with Crippen LogP contribution in [0.25, 0.3) is 22.3 Å². The summed E-state index contributed by atoms with van der Waals surface area (Å²) in [6.07, 6.45) is 4.20. The number of pyridine rings is 2. The highest BCUT2D eigenvalue weighted by atomic mass is 19.1. The summed E-state index contributed by atoms with van der Waals surface area (Å²) in [7, 11) is 0. The van der Waals surface area contributed by atoms with Gasteiger partial charge in [-0.1, -0.05) is 20.8 Å². The second-order valence-electron chi connectivity index (χ2n) is 20.3. The number of carbonyl (C=O) groups is 8. The van der Waals surface area contributed by atoms with Gasteiger partial charge in [-0.3, -0.25) is 43.3 Å². The monoisotopic (exact) mass is 1120 g/mol. The molecule has 7 rings (SSSR count). The molecule has 7 amide bonds. The number of hydrogen-bond acceptors (Lipinski definition) is 17. The molecule has 0 saturated carbocycles. The predicted molar refractivity (Wildman–Crippen MR) is 284 cm³/mol. The molecule has 4 aliphatic rings. The zero-order chi connectivity index (χ0) is 57.7. The molecule has 80 heavy (non-hydrogen) atoms. The minimum atomic E-state index is -2.06.